The number of carbonyl (C=O) groups is 4. The largest absolute Gasteiger partial charge is 0.354 e. The monoisotopic (exact) mass is 470 g/mol. The normalized spacial score (nSPS) is 16.5. The van der Waals surface area contributed by atoms with Crippen LogP contribution in [0, 0.1) is 6.92 Å². The van der Waals surface area contributed by atoms with Crippen LogP contribution < -0.4 is 10.6 Å². The number of nitrogens with one attached hydrogen (secondary N) is 2. The number of aryl methyl sites for hydroxylation is 1. The average Bonchev–Trinajstić information content (AvgIpc) is 3.01. The first-order valence-electron chi connectivity index (χ1n) is 10.3. The summed E-state index contributed by atoms with van der Waals surface area (Å²) in [6.45, 7) is 1.84. The molecule has 0 atom stereocenters. The highest BCUT2D eigenvalue weighted by molar-refractivity contribution is 7.89. The number of fused-ring (bicyclic) bond motifs is 1. The van der Waals surface area contributed by atoms with Crippen LogP contribution in [0.2, 0.25) is 0 Å². The summed E-state index contributed by atoms with van der Waals surface area (Å²) >= 11 is 0. The van der Waals surface area contributed by atoms with Crippen molar-refractivity contribution in [1.29, 1.82) is 0 Å². The number of nitrogens with zero attached hydrogens (tertiary/aromatic N) is 2. The summed E-state index contributed by atoms with van der Waals surface area (Å²) in [5, 5.41) is 5.17. The van der Waals surface area contributed by atoms with Crippen molar-refractivity contribution >= 4 is 39.3 Å². The quantitative estimate of drug-likeness (QED) is 0.599. The van der Waals surface area contributed by atoms with Crippen molar-refractivity contribution in [1.82, 2.24) is 14.5 Å². The second kappa shape index (κ2) is 8.75. The molecule has 172 valence electrons. The van der Waals surface area contributed by atoms with E-state index in [1.807, 2.05) is 6.92 Å². The van der Waals surface area contributed by atoms with E-state index >= 15 is 0 Å². The fourth-order valence-electron chi connectivity index (χ4n) is 3.75. The zero-order valence-electron chi connectivity index (χ0n) is 17.8. The molecule has 0 aromatic heterocycles. The lowest BCUT2D eigenvalue weighted by molar-refractivity contribution is -0.122. The van der Waals surface area contributed by atoms with Crippen molar-refractivity contribution in [3.8, 4) is 0 Å². The van der Waals surface area contributed by atoms with Gasteiger partial charge < -0.3 is 10.6 Å². The Bertz CT molecular complexity index is 1270. The predicted molar refractivity (Wildman–Crippen MR) is 118 cm³/mol. The van der Waals surface area contributed by atoms with Gasteiger partial charge in [0.2, 0.25) is 21.8 Å². The molecule has 2 aromatic carbocycles. The lowest BCUT2D eigenvalue weighted by atomic mass is 10.1. The minimum absolute atomic E-state index is 0.0503. The van der Waals surface area contributed by atoms with E-state index in [2.05, 4.69) is 10.6 Å². The van der Waals surface area contributed by atoms with E-state index in [-0.39, 0.29) is 49.1 Å². The summed E-state index contributed by atoms with van der Waals surface area (Å²) in [6, 6.07) is 10.7. The molecule has 0 bridgehead atoms. The maximum absolute atomic E-state index is 12.8. The molecule has 0 unspecified atom stereocenters. The van der Waals surface area contributed by atoms with Gasteiger partial charge in [-0.2, -0.15) is 4.31 Å². The van der Waals surface area contributed by atoms with Gasteiger partial charge in [-0.15, -0.1) is 0 Å². The van der Waals surface area contributed by atoms with E-state index in [1.54, 1.807) is 18.2 Å². The maximum Gasteiger partial charge on any atom is 0.261 e. The average molecular weight is 471 g/mol. The molecule has 2 heterocycles. The molecule has 2 N–H and O–H groups in total. The van der Waals surface area contributed by atoms with Gasteiger partial charge in [0.1, 0.15) is 0 Å². The third-order valence-electron chi connectivity index (χ3n) is 5.45. The number of imide groups is 1. The minimum atomic E-state index is -3.90. The Balaban J connectivity index is 1.40. The third kappa shape index (κ3) is 4.50. The molecule has 2 aliphatic heterocycles. The number of benzene rings is 2. The molecule has 1 fully saturated rings. The minimum Gasteiger partial charge on any atom is -0.354 e. The summed E-state index contributed by atoms with van der Waals surface area (Å²) in [5.74, 6) is -1.74. The van der Waals surface area contributed by atoms with Crippen LogP contribution in [-0.4, -0.2) is 67.4 Å². The summed E-state index contributed by atoms with van der Waals surface area (Å²) in [5.41, 5.74) is 1.75. The number of carbonyl (C=O) groups excluding carboxylic acids is 4. The van der Waals surface area contributed by atoms with Crippen molar-refractivity contribution in [2.24, 2.45) is 0 Å². The van der Waals surface area contributed by atoms with Gasteiger partial charge in [-0.1, -0.05) is 17.7 Å². The lowest BCUT2D eigenvalue weighted by Crippen LogP contribution is -2.49. The first-order valence-corrected chi connectivity index (χ1v) is 11.7. The smallest absolute Gasteiger partial charge is 0.261 e. The number of anilines is 1. The predicted octanol–water partition coefficient (Wildman–Crippen LogP) is 0.740. The Kier molecular flexibility index (Phi) is 6.00. The summed E-state index contributed by atoms with van der Waals surface area (Å²) in [6.07, 6.45) is -0.145. The highest BCUT2D eigenvalue weighted by Gasteiger charge is 2.35. The fourth-order valence-corrected chi connectivity index (χ4v) is 5.19. The Labute approximate surface area is 190 Å². The number of piperazine rings is 1. The van der Waals surface area contributed by atoms with Crippen LogP contribution >= 0.6 is 0 Å². The first-order chi connectivity index (χ1) is 15.7. The second-order valence-electron chi connectivity index (χ2n) is 7.83. The van der Waals surface area contributed by atoms with E-state index in [1.165, 1.54) is 24.3 Å². The Hall–Kier alpha value is -3.57. The van der Waals surface area contributed by atoms with E-state index in [0.29, 0.717) is 11.1 Å². The number of hydrogen-bond donors (Lipinski definition) is 2. The van der Waals surface area contributed by atoms with Gasteiger partial charge in [0.05, 0.1) is 22.6 Å². The Morgan fingerprint density at radius 1 is 1.06 bits per heavy atom. The van der Waals surface area contributed by atoms with Gasteiger partial charge in [-0.3, -0.25) is 24.1 Å². The molecule has 0 saturated carbocycles. The molecular weight excluding hydrogens is 448 g/mol. The molecule has 0 spiro atoms. The van der Waals surface area contributed by atoms with E-state index < -0.39 is 27.7 Å². The maximum atomic E-state index is 12.8. The molecule has 2 aliphatic rings. The summed E-state index contributed by atoms with van der Waals surface area (Å²) in [7, 11) is -3.90. The standard InChI is InChI=1S/C22H22N4O6S/c1-14-5-6-17-18(11-14)22(30)26(21(17)29)9-7-19(27)24-15-3-2-4-16(12-15)33(31,32)25-10-8-23-20(28)13-25/h2-6,11-12H,7-10,13H2,1H3,(H,23,28)(H,24,27). The second-order valence-corrected chi connectivity index (χ2v) is 9.76. The van der Waals surface area contributed by atoms with E-state index in [4.69, 9.17) is 0 Å². The molecular formula is C22H22N4O6S. The molecule has 4 amide bonds. The van der Waals surface area contributed by atoms with Crippen LogP contribution in [0.1, 0.15) is 32.7 Å². The number of rotatable bonds is 6. The topological polar surface area (TPSA) is 133 Å². The summed E-state index contributed by atoms with van der Waals surface area (Å²) < 4.78 is 26.7. The van der Waals surface area contributed by atoms with Crippen LogP contribution in [0.25, 0.3) is 0 Å². The van der Waals surface area contributed by atoms with E-state index in [0.717, 1.165) is 14.8 Å². The first kappa shape index (κ1) is 22.6. The number of amides is 4. The fraction of sp³-hybridized carbons (Fsp3) is 0.273. The Morgan fingerprint density at radius 3 is 2.58 bits per heavy atom. The summed E-state index contributed by atoms with van der Waals surface area (Å²) in [4.78, 5) is 50.0. The van der Waals surface area contributed by atoms with Gasteiger partial charge in [0.15, 0.2) is 0 Å². The van der Waals surface area contributed by atoms with Crippen LogP contribution in [0.15, 0.2) is 47.4 Å². The van der Waals surface area contributed by atoms with Crippen molar-refractivity contribution in [2.75, 3.05) is 31.5 Å². The van der Waals surface area contributed by atoms with Crippen molar-refractivity contribution in [3.05, 3.63) is 59.2 Å². The zero-order chi connectivity index (χ0) is 23.8. The highest BCUT2D eigenvalue weighted by Crippen LogP contribution is 2.24. The molecule has 10 nitrogen and oxygen atoms in total. The van der Waals surface area contributed by atoms with Crippen LogP contribution in [0.3, 0.4) is 0 Å². The van der Waals surface area contributed by atoms with Gasteiger partial charge in [0.25, 0.3) is 11.8 Å². The SMILES string of the molecule is Cc1ccc2c(c1)C(=O)N(CCC(=O)Nc1cccc(S(=O)(=O)N3CCNC(=O)C3)c1)C2=O. The molecule has 0 radical (unpaired) electrons. The van der Waals surface area contributed by atoms with Gasteiger partial charge in [0, 0.05) is 31.7 Å². The van der Waals surface area contributed by atoms with Crippen LogP contribution in [-0.2, 0) is 19.6 Å². The number of sulfonamides is 1. The van der Waals surface area contributed by atoms with Crippen molar-refractivity contribution in [3.63, 3.8) is 0 Å². The molecule has 1 saturated heterocycles. The van der Waals surface area contributed by atoms with Crippen molar-refractivity contribution < 1.29 is 27.6 Å². The zero-order valence-corrected chi connectivity index (χ0v) is 18.6. The molecule has 4 rings (SSSR count). The Morgan fingerprint density at radius 2 is 1.82 bits per heavy atom. The molecule has 0 aliphatic carbocycles. The van der Waals surface area contributed by atoms with Gasteiger partial charge in [-0.25, -0.2) is 8.42 Å². The van der Waals surface area contributed by atoms with Crippen molar-refractivity contribution in [2.45, 2.75) is 18.2 Å². The third-order valence-corrected chi connectivity index (χ3v) is 7.29. The lowest BCUT2D eigenvalue weighted by Gasteiger charge is -2.26. The molecule has 11 heteroatoms. The van der Waals surface area contributed by atoms with E-state index in [9.17, 15) is 27.6 Å². The molecule has 33 heavy (non-hydrogen) atoms. The highest BCUT2D eigenvalue weighted by atomic mass is 32.2. The molecule has 2 aromatic rings. The van der Waals surface area contributed by atoms with Gasteiger partial charge in [-0.05, 0) is 37.3 Å². The van der Waals surface area contributed by atoms with Crippen LogP contribution in [0.4, 0.5) is 5.69 Å². The number of hydrogen-bond acceptors (Lipinski definition) is 6. The van der Waals surface area contributed by atoms with Crippen LogP contribution in [0.5, 0.6) is 0 Å². The van der Waals surface area contributed by atoms with Gasteiger partial charge >= 0.3 is 0 Å².